The van der Waals surface area contributed by atoms with Crippen molar-refractivity contribution in [3.63, 3.8) is 0 Å². The van der Waals surface area contributed by atoms with E-state index in [1.54, 1.807) is 19.5 Å². The Hall–Kier alpha value is -4.85. The maximum Gasteiger partial charge on any atom is 0.292 e. The number of methoxy groups -OCH3 is 1. The SMILES string of the molecule is COc1ccc(-c2ccc(-c3cnn4c(N)c(S(C)(=O)=O)c(C5CC6CCC(C5)N6C(=O)c5nnc[nH]5)nc34)cn2)cc1. The molecule has 220 valence electrons. The van der Waals surface area contributed by atoms with Crippen LogP contribution in [0.15, 0.2) is 60.0 Å². The lowest BCUT2D eigenvalue weighted by Gasteiger charge is -2.38. The summed E-state index contributed by atoms with van der Waals surface area (Å²) in [6.45, 7) is 0. The Bertz CT molecular complexity index is 1920. The summed E-state index contributed by atoms with van der Waals surface area (Å²) in [6, 6.07) is 11.3. The zero-order valence-electron chi connectivity index (χ0n) is 23.5. The summed E-state index contributed by atoms with van der Waals surface area (Å²) in [5.41, 5.74) is 10.6. The van der Waals surface area contributed by atoms with Crippen molar-refractivity contribution in [2.45, 2.75) is 48.6 Å². The predicted octanol–water partition coefficient (Wildman–Crippen LogP) is 3.12. The summed E-state index contributed by atoms with van der Waals surface area (Å²) < 4.78 is 32.8. The van der Waals surface area contributed by atoms with Gasteiger partial charge in [-0.15, -0.1) is 10.2 Å². The van der Waals surface area contributed by atoms with Gasteiger partial charge in [0.2, 0.25) is 5.82 Å². The summed E-state index contributed by atoms with van der Waals surface area (Å²) in [5, 5.41) is 12.1. The van der Waals surface area contributed by atoms with Gasteiger partial charge in [0, 0.05) is 47.1 Å². The molecule has 2 aliphatic rings. The number of H-pyrrole nitrogens is 1. The van der Waals surface area contributed by atoms with Gasteiger partial charge in [0.1, 0.15) is 22.8 Å². The number of nitrogens with two attached hydrogens (primary N) is 1. The van der Waals surface area contributed by atoms with Crippen molar-refractivity contribution in [1.82, 2.24) is 39.7 Å². The first-order valence-corrected chi connectivity index (χ1v) is 15.8. The number of rotatable bonds is 6. The highest BCUT2D eigenvalue weighted by Gasteiger charge is 2.46. The van der Waals surface area contributed by atoms with E-state index in [-0.39, 0.29) is 40.4 Å². The molecular weight excluding hydrogens is 570 g/mol. The van der Waals surface area contributed by atoms with Crippen LogP contribution in [0.3, 0.4) is 0 Å². The summed E-state index contributed by atoms with van der Waals surface area (Å²) in [6.07, 6.45) is 8.64. The van der Waals surface area contributed by atoms with Gasteiger partial charge in [-0.25, -0.2) is 13.4 Å². The number of pyridine rings is 1. The van der Waals surface area contributed by atoms with Crippen LogP contribution < -0.4 is 10.5 Å². The van der Waals surface area contributed by atoms with Gasteiger partial charge >= 0.3 is 0 Å². The molecule has 0 radical (unpaired) electrons. The Labute approximate surface area is 247 Å². The van der Waals surface area contributed by atoms with Gasteiger partial charge in [0.25, 0.3) is 5.91 Å². The Kier molecular flexibility index (Phi) is 6.38. The number of piperidine rings is 1. The number of hydrogen-bond acceptors (Lipinski definition) is 10. The van der Waals surface area contributed by atoms with Crippen LogP contribution in [0.5, 0.6) is 5.75 Å². The average Bonchev–Trinajstić information content (AvgIpc) is 3.75. The third-order valence-electron chi connectivity index (χ3n) is 8.47. The van der Waals surface area contributed by atoms with Crippen LogP contribution in [-0.2, 0) is 9.84 Å². The van der Waals surface area contributed by atoms with Crippen LogP contribution in [0.25, 0.3) is 28.0 Å². The molecule has 3 N–H and O–H groups in total. The molecule has 7 rings (SSSR count). The van der Waals surface area contributed by atoms with Gasteiger partial charge < -0.3 is 20.4 Å². The third-order valence-corrected chi connectivity index (χ3v) is 9.63. The number of aromatic amines is 1. The first kappa shape index (κ1) is 27.0. The number of anilines is 1. The molecule has 2 bridgehead atoms. The van der Waals surface area contributed by atoms with Crippen molar-refractivity contribution in [3.8, 4) is 28.1 Å². The Morgan fingerprint density at radius 1 is 1.05 bits per heavy atom. The first-order valence-electron chi connectivity index (χ1n) is 13.9. The monoisotopic (exact) mass is 599 g/mol. The van der Waals surface area contributed by atoms with E-state index in [9.17, 15) is 13.2 Å². The molecule has 0 aliphatic carbocycles. The normalized spacial score (nSPS) is 20.0. The molecule has 0 saturated carbocycles. The minimum Gasteiger partial charge on any atom is -0.497 e. The Morgan fingerprint density at radius 2 is 1.77 bits per heavy atom. The van der Waals surface area contributed by atoms with Gasteiger partial charge in [-0.2, -0.15) is 9.61 Å². The Morgan fingerprint density at radius 3 is 2.37 bits per heavy atom. The molecule has 2 unspecified atom stereocenters. The molecule has 1 amide bonds. The van der Waals surface area contributed by atoms with Gasteiger partial charge in [-0.05, 0) is 56.0 Å². The smallest absolute Gasteiger partial charge is 0.292 e. The molecule has 6 heterocycles. The van der Waals surface area contributed by atoms with Crippen LogP contribution >= 0.6 is 0 Å². The van der Waals surface area contributed by atoms with Crippen molar-refractivity contribution < 1.29 is 17.9 Å². The quantitative estimate of drug-likeness (QED) is 0.295. The van der Waals surface area contributed by atoms with E-state index < -0.39 is 9.84 Å². The number of benzene rings is 1. The second-order valence-electron chi connectivity index (χ2n) is 11.0. The van der Waals surface area contributed by atoms with Gasteiger partial charge in [-0.1, -0.05) is 6.07 Å². The number of carbonyl (C=O) groups is 1. The molecule has 1 aromatic carbocycles. The molecule has 4 aromatic heterocycles. The number of nitrogens with one attached hydrogen (secondary N) is 1. The maximum atomic E-state index is 13.2. The van der Waals surface area contributed by atoms with Crippen LogP contribution in [0.4, 0.5) is 5.82 Å². The second-order valence-corrected chi connectivity index (χ2v) is 13.0. The van der Waals surface area contributed by atoms with E-state index in [1.807, 2.05) is 41.3 Å². The molecule has 14 heteroatoms. The number of hydrogen-bond donors (Lipinski definition) is 2. The van der Waals surface area contributed by atoms with Crippen LogP contribution in [0.1, 0.15) is 47.9 Å². The fourth-order valence-corrected chi connectivity index (χ4v) is 7.59. The molecule has 13 nitrogen and oxygen atoms in total. The lowest BCUT2D eigenvalue weighted by atomic mass is 9.87. The number of nitrogens with zero attached hydrogens (tertiary/aromatic N) is 7. The third kappa shape index (κ3) is 4.58. The molecule has 2 atom stereocenters. The predicted molar refractivity (Wildman–Crippen MR) is 157 cm³/mol. The number of sulfone groups is 1. The molecule has 0 spiro atoms. The van der Waals surface area contributed by atoms with Gasteiger partial charge in [0.15, 0.2) is 15.5 Å². The summed E-state index contributed by atoms with van der Waals surface area (Å²) in [4.78, 5) is 27.4. The highest BCUT2D eigenvalue weighted by atomic mass is 32.2. The number of ether oxygens (including phenoxy) is 1. The van der Waals surface area contributed by atoms with E-state index in [0.29, 0.717) is 29.7 Å². The molecule has 2 aliphatic heterocycles. The molecule has 43 heavy (non-hydrogen) atoms. The van der Waals surface area contributed by atoms with E-state index in [2.05, 4.69) is 25.3 Å². The highest BCUT2D eigenvalue weighted by molar-refractivity contribution is 7.91. The highest BCUT2D eigenvalue weighted by Crippen LogP contribution is 2.45. The number of nitrogen functional groups attached to an aromatic ring is 1. The summed E-state index contributed by atoms with van der Waals surface area (Å²) in [7, 11) is -2.13. The lowest BCUT2D eigenvalue weighted by Crippen LogP contribution is -2.46. The minimum absolute atomic E-state index is 0.0120. The van der Waals surface area contributed by atoms with E-state index in [1.165, 1.54) is 10.8 Å². The largest absolute Gasteiger partial charge is 0.497 e. The lowest BCUT2D eigenvalue weighted by molar-refractivity contribution is 0.0556. The van der Waals surface area contributed by atoms with Gasteiger partial charge in [-0.3, -0.25) is 9.78 Å². The van der Waals surface area contributed by atoms with Crippen molar-refractivity contribution >= 4 is 27.2 Å². The number of amides is 1. The summed E-state index contributed by atoms with van der Waals surface area (Å²) >= 11 is 0. The maximum absolute atomic E-state index is 13.2. The molecule has 2 saturated heterocycles. The van der Waals surface area contributed by atoms with Crippen LogP contribution in [0.2, 0.25) is 0 Å². The van der Waals surface area contributed by atoms with Crippen molar-refractivity contribution in [2.75, 3.05) is 19.1 Å². The first-order chi connectivity index (χ1) is 20.7. The van der Waals surface area contributed by atoms with E-state index in [4.69, 9.17) is 15.5 Å². The van der Waals surface area contributed by atoms with E-state index in [0.717, 1.165) is 41.7 Å². The molecule has 5 aromatic rings. The number of carbonyl (C=O) groups excluding carboxylic acids is 1. The van der Waals surface area contributed by atoms with Crippen molar-refractivity contribution in [3.05, 3.63) is 66.6 Å². The van der Waals surface area contributed by atoms with Crippen LogP contribution in [0, 0.1) is 0 Å². The topological polar surface area (TPSA) is 174 Å². The number of fused-ring (bicyclic) bond motifs is 3. The van der Waals surface area contributed by atoms with E-state index >= 15 is 0 Å². The zero-order valence-corrected chi connectivity index (χ0v) is 24.3. The zero-order chi connectivity index (χ0) is 29.9. The molecular formula is C29H29N9O4S. The summed E-state index contributed by atoms with van der Waals surface area (Å²) in [5.74, 6) is 0.570. The van der Waals surface area contributed by atoms with Crippen LogP contribution in [-0.4, -0.2) is 79.4 Å². The Balaban J connectivity index is 1.26. The number of aromatic nitrogens is 7. The fourth-order valence-electron chi connectivity index (χ4n) is 6.53. The van der Waals surface area contributed by atoms with Crippen molar-refractivity contribution in [1.29, 1.82) is 0 Å². The fraction of sp³-hybridized carbons (Fsp3) is 0.310. The second kappa shape index (κ2) is 10.2. The standard InChI is InChI=1S/C29H29N9O4S/c1-42-21-8-3-16(4-9-21)23-10-5-17(13-31-23)22-14-34-38-26(30)25(43(2,40)41)24(35-28(22)38)18-11-19-6-7-20(12-18)37(19)29(39)27-32-15-33-36-27/h3-5,8-10,13-15,18-20H,6-7,11-12,30H2,1-2H3,(H,32,33,36). The minimum atomic E-state index is -3.75. The molecule has 2 fully saturated rings. The van der Waals surface area contributed by atoms with Gasteiger partial charge in [0.05, 0.1) is 24.7 Å². The average molecular weight is 600 g/mol. The van der Waals surface area contributed by atoms with Crippen molar-refractivity contribution in [2.24, 2.45) is 0 Å².